The Morgan fingerprint density at radius 3 is 2.17 bits per heavy atom. The maximum Gasteiger partial charge on any atom is 0.243 e. The number of ketones is 1. The van der Waals surface area contributed by atoms with Gasteiger partial charge in [0.05, 0.1) is 0 Å². The molecule has 1 fully saturated rings. The van der Waals surface area contributed by atoms with Gasteiger partial charge in [-0.05, 0) is 56.1 Å². The fourth-order valence-corrected chi connectivity index (χ4v) is 6.12. The van der Waals surface area contributed by atoms with Gasteiger partial charge in [-0.3, -0.25) is 28.8 Å². The van der Waals surface area contributed by atoms with Gasteiger partial charge in [0.25, 0.3) is 0 Å². The van der Waals surface area contributed by atoms with Gasteiger partial charge in [0.2, 0.25) is 29.5 Å². The van der Waals surface area contributed by atoms with Crippen LogP contribution in [-0.4, -0.2) is 71.0 Å². The molecule has 1 aliphatic heterocycles. The highest BCUT2D eigenvalue weighted by atomic mass is 16.2. The number of carbonyl (C=O) groups excluding carboxylic acids is 6. The molecule has 1 aromatic heterocycles. The topological polar surface area (TPSA) is 178 Å². The molecule has 6 N–H and O–H groups in total. The highest BCUT2D eigenvalue weighted by molar-refractivity contribution is 5.95. The van der Waals surface area contributed by atoms with E-state index in [9.17, 15) is 28.8 Å². The van der Waals surface area contributed by atoms with Gasteiger partial charge in [-0.2, -0.15) is 0 Å². The quantitative estimate of drug-likeness (QED) is 0.150. The number of nitrogens with one attached hydrogen (secondary N) is 6. The number of hydrogen-bond donors (Lipinski definition) is 6. The first-order valence-corrected chi connectivity index (χ1v) is 17.5. The van der Waals surface area contributed by atoms with Crippen molar-refractivity contribution in [2.24, 2.45) is 5.92 Å². The van der Waals surface area contributed by atoms with Gasteiger partial charge in [0.15, 0.2) is 0 Å². The van der Waals surface area contributed by atoms with Crippen LogP contribution in [0.4, 0.5) is 0 Å². The van der Waals surface area contributed by atoms with Crippen molar-refractivity contribution in [2.45, 2.75) is 129 Å². The summed E-state index contributed by atoms with van der Waals surface area (Å²) in [4.78, 5) is 81.2. The Balaban J connectivity index is 1.88. The average Bonchev–Trinajstić information content (AvgIpc) is 3.44. The molecule has 2 aromatic rings. The molecular weight excluding hydrogens is 612 g/mol. The summed E-state index contributed by atoms with van der Waals surface area (Å²) in [6.07, 6.45) is 7.25. The zero-order valence-electron chi connectivity index (χ0n) is 28.9. The number of amides is 5. The van der Waals surface area contributed by atoms with Gasteiger partial charge in [-0.1, -0.05) is 51.8 Å². The summed E-state index contributed by atoms with van der Waals surface area (Å²) in [5, 5.41) is 15.4. The fourth-order valence-electron chi connectivity index (χ4n) is 6.12. The molecule has 48 heavy (non-hydrogen) atoms. The lowest BCUT2D eigenvalue weighted by atomic mass is 9.98. The predicted octanol–water partition coefficient (Wildman–Crippen LogP) is 3.34. The number of rotatable bonds is 16. The molecule has 4 atom stereocenters. The van der Waals surface area contributed by atoms with Crippen LogP contribution in [0.25, 0.3) is 10.9 Å². The second-order valence-corrected chi connectivity index (χ2v) is 13.3. The first-order chi connectivity index (χ1) is 23.0. The van der Waals surface area contributed by atoms with Gasteiger partial charge in [0.1, 0.15) is 23.9 Å². The molecule has 0 unspecified atom stereocenters. The number of benzene rings is 1. The molecule has 1 saturated heterocycles. The maximum atomic E-state index is 13.9. The molecule has 0 radical (unpaired) electrons. The minimum absolute atomic E-state index is 0.0206. The maximum absolute atomic E-state index is 13.9. The lowest BCUT2D eigenvalue weighted by Crippen LogP contribution is -2.56. The number of aromatic amines is 1. The monoisotopic (exact) mass is 666 g/mol. The highest BCUT2D eigenvalue weighted by Gasteiger charge is 2.32. The number of fused-ring (bicyclic) bond motifs is 1. The highest BCUT2D eigenvalue weighted by Crippen LogP contribution is 2.20. The molecule has 0 aliphatic carbocycles. The van der Waals surface area contributed by atoms with Gasteiger partial charge >= 0.3 is 0 Å². The Kier molecular flexibility index (Phi) is 15.6. The van der Waals surface area contributed by atoms with E-state index >= 15 is 0 Å². The molecule has 264 valence electrons. The molecule has 5 amide bonds. The van der Waals surface area contributed by atoms with Crippen LogP contribution in [0.5, 0.6) is 0 Å². The summed E-state index contributed by atoms with van der Waals surface area (Å²) < 4.78 is 0. The van der Waals surface area contributed by atoms with E-state index < -0.39 is 41.9 Å². The zero-order valence-corrected chi connectivity index (χ0v) is 28.9. The summed E-state index contributed by atoms with van der Waals surface area (Å²) in [5.74, 6) is -1.51. The standard InChI is InChI=1S/C36H54N6O6/c1-5-27(44)13-7-6-8-16-31-35(47)42-32(20-25-22-38-29-15-10-9-14-28(25)29)36(48)39-26(19-23(2)3)21-33(45)40-30(34(46)41-31)17-11-12-18-37-24(4)43/h9-10,14-15,22-23,26,30-32,38H,5-8,11-13,16-21H2,1-4H3,(H,37,43)(H,39,48)(H,40,45)(H,41,46)(H,42,47)/t26-,30-,31-,32-/m0/s1. The molecule has 3 rings (SSSR count). The molecule has 1 aromatic carbocycles. The summed E-state index contributed by atoms with van der Waals surface area (Å²) in [7, 11) is 0. The molecule has 0 saturated carbocycles. The van der Waals surface area contributed by atoms with Crippen molar-refractivity contribution in [2.75, 3.05) is 6.54 Å². The van der Waals surface area contributed by atoms with E-state index in [0.29, 0.717) is 70.8 Å². The van der Waals surface area contributed by atoms with Crippen LogP contribution >= 0.6 is 0 Å². The van der Waals surface area contributed by atoms with Crippen LogP contribution in [0.2, 0.25) is 0 Å². The zero-order chi connectivity index (χ0) is 35.1. The van der Waals surface area contributed by atoms with E-state index in [1.807, 2.05) is 51.2 Å². The van der Waals surface area contributed by atoms with E-state index in [1.165, 1.54) is 6.92 Å². The molecule has 0 spiro atoms. The van der Waals surface area contributed by atoms with Crippen LogP contribution in [0, 0.1) is 5.92 Å². The van der Waals surface area contributed by atoms with Gasteiger partial charge in [0, 0.05) is 62.3 Å². The smallest absolute Gasteiger partial charge is 0.243 e. The number of H-pyrrole nitrogens is 1. The molecule has 1 aliphatic rings. The third-order valence-electron chi connectivity index (χ3n) is 8.69. The van der Waals surface area contributed by atoms with Gasteiger partial charge < -0.3 is 31.6 Å². The van der Waals surface area contributed by atoms with Crippen molar-refractivity contribution in [3.05, 3.63) is 36.0 Å². The number of unbranched alkanes of at least 4 members (excludes halogenated alkanes) is 3. The summed E-state index contributed by atoms with van der Waals surface area (Å²) >= 11 is 0. The van der Waals surface area contributed by atoms with Crippen molar-refractivity contribution < 1.29 is 28.8 Å². The van der Waals surface area contributed by atoms with E-state index in [2.05, 4.69) is 31.6 Å². The molecule has 2 heterocycles. The first-order valence-electron chi connectivity index (χ1n) is 17.5. The number of hydrogen-bond acceptors (Lipinski definition) is 6. The Bertz CT molecular complexity index is 1400. The number of para-hydroxylation sites is 1. The molecule has 12 nitrogen and oxygen atoms in total. The van der Waals surface area contributed by atoms with Crippen LogP contribution in [0.1, 0.15) is 104 Å². The normalized spacial score (nSPS) is 20.9. The second-order valence-electron chi connectivity index (χ2n) is 13.3. The number of aromatic nitrogens is 1. The minimum Gasteiger partial charge on any atom is -0.361 e. The Morgan fingerprint density at radius 1 is 0.833 bits per heavy atom. The SMILES string of the molecule is CCC(=O)CCCCC[C@@H]1NC(=O)[C@H](CCCCNC(C)=O)NC(=O)C[C@H](CC(C)C)NC(=O)[C@H](Cc2c[nH]c3ccccc23)NC1=O. The van der Waals surface area contributed by atoms with Gasteiger partial charge in [-0.15, -0.1) is 0 Å². The Morgan fingerprint density at radius 2 is 1.48 bits per heavy atom. The van der Waals surface area contributed by atoms with E-state index in [1.54, 1.807) is 0 Å². The third-order valence-corrected chi connectivity index (χ3v) is 8.69. The van der Waals surface area contributed by atoms with Gasteiger partial charge in [-0.25, -0.2) is 0 Å². The van der Waals surface area contributed by atoms with E-state index in [4.69, 9.17) is 0 Å². The summed E-state index contributed by atoms with van der Waals surface area (Å²) in [6.45, 7) is 7.73. The van der Waals surface area contributed by atoms with Crippen LogP contribution in [-0.2, 0) is 35.2 Å². The molecular formula is C36H54N6O6. The van der Waals surface area contributed by atoms with Crippen molar-refractivity contribution >= 4 is 46.2 Å². The minimum atomic E-state index is -0.957. The van der Waals surface area contributed by atoms with Crippen LogP contribution in [0.15, 0.2) is 30.5 Å². The van der Waals surface area contributed by atoms with Crippen molar-refractivity contribution in [1.29, 1.82) is 0 Å². The number of Topliss-reactive ketones (excluding diaryl/α,β-unsaturated/α-hetero) is 1. The van der Waals surface area contributed by atoms with Crippen molar-refractivity contribution in [3.8, 4) is 0 Å². The Hall–Kier alpha value is -4.22. The average molecular weight is 667 g/mol. The molecule has 12 heteroatoms. The Labute approximate surface area is 283 Å². The third kappa shape index (κ3) is 12.8. The fraction of sp³-hybridized carbons (Fsp3) is 0.611. The van der Waals surface area contributed by atoms with E-state index in [0.717, 1.165) is 16.5 Å². The van der Waals surface area contributed by atoms with E-state index in [-0.39, 0.29) is 36.4 Å². The van der Waals surface area contributed by atoms with Crippen molar-refractivity contribution in [3.63, 3.8) is 0 Å². The number of carbonyl (C=O) groups is 6. The second kappa shape index (κ2) is 19.6. The van der Waals surface area contributed by atoms with Crippen LogP contribution in [0.3, 0.4) is 0 Å². The summed E-state index contributed by atoms with van der Waals surface area (Å²) in [5.41, 5.74) is 1.77. The predicted molar refractivity (Wildman–Crippen MR) is 185 cm³/mol. The van der Waals surface area contributed by atoms with Crippen molar-refractivity contribution in [1.82, 2.24) is 31.6 Å². The lowest BCUT2D eigenvalue weighted by Gasteiger charge is -2.25. The lowest BCUT2D eigenvalue weighted by molar-refractivity contribution is -0.133. The first kappa shape index (κ1) is 38.2. The summed E-state index contributed by atoms with van der Waals surface area (Å²) in [6, 6.07) is 4.40. The largest absolute Gasteiger partial charge is 0.361 e. The van der Waals surface area contributed by atoms with Crippen LogP contribution < -0.4 is 26.6 Å². The molecule has 0 bridgehead atoms.